The summed E-state index contributed by atoms with van der Waals surface area (Å²) in [5, 5.41) is 3.37. The van der Waals surface area contributed by atoms with Gasteiger partial charge >= 0.3 is 0 Å². The Bertz CT molecular complexity index is 460. The molecule has 1 fully saturated rings. The van der Waals surface area contributed by atoms with E-state index in [2.05, 4.69) is 23.7 Å². The van der Waals surface area contributed by atoms with Crippen LogP contribution in [0.25, 0.3) is 0 Å². The molecule has 0 amide bonds. The Morgan fingerprint density at radius 3 is 2.48 bits per heavy atom. The minimum absolute atomic E-state index is 0. The van der Waals surface area contributed by atoms with Crippen LogP contribution in [0, 0.1) is 12.7 Å². The van der Waals surface area contributed by atoms with E-state index in [1.807, 2.05) is 19.1 Å². The molecule has 21 heavy (non-hydrogen) atoms. The highest BCUT2D eigenvalue weighted by Crippen LogP contribution is 2.28. The Kier molecular flexibility index (Phi) is 9.14. The summed E-state index contributed by atoms with van der Waals surface area (Å²) >= 11 is 0. The Labute approximate surface area is 139 Å². The molecule has 0 aromatic heterocycles. The molecule has 0 radical (unpaired) electrons. The molecule has 1 aromatic rings. The first-order valence-electron chi connectivity index (χ1n) is 6.93. The normalized spacial score (nSPS) is 16.5. The van der Waals surface area contributed by atoms with Gasteiger partial charge in [0.15, 0.2) is 0 Å². The van der Waals surface area contributed by atoms with Crippen molar-refractivity contribution in [3.8, 4) is 0 Å². The fraction of sp³-hybridized carbons (Fsp3) is 0.500. The summed E-state index contributed by atoms with van der Waals surface area (Å²) < 4.78 is 13.4. The fourth-order valence-corrected chi connectivity index (χ4v) is 2.66. The average molecular weight is 335 g/mol. The van der Waals surface area contributed by atoms with E-state index >= 15 is 0 Å². The Morgan fingerprint density at radius 1 is 1.33 bits per heavy atom. The summed E-state index contributed by atoms with van der Waals surface area (Å²) in [4.78, 5) is 2.47. The van der Waals surface area contributed by atoms with Crippen LogP contribution in [0.3, 0.4) is 0 Å². The number of hydrogen-bond acceptors (Lipinski definition) is 2. The van der Waals surface area contributed by atoms with Crippen molar-refractivity contribution in [2.24, 2.45) is 0 Å². The zero-order valence-electron chi connectivity index (χ0n) is 12.7. The van der Waals surface area contributed by atoms with E-state index in [-0.39, 0.29) is 30.6 Å². The van der Waals surface area contributed by atoms with Gasteiger partial charge in [0.2, 0.25) is 0 Å². The smallest absolute Gasteiger partial charge is 0.126 e. The predicted octanol–water partition coefficient (Wildman–Crippen LogP) is 3.89. The van der Waals surface area contributed by atoms with Crippen molar-refractivity contribution >= 4 is 24.8 Å². The van der Waals surface area contributed by atoms with Gasteiger partial charge < -0.3 is 5.32 Å². The van der Waals surface area contributed by atoms with Crippen molar-refractivity contribution in [1.82, 2.24) is 10.2 Å². The lowest BCUT2D eigenvalue weighted by Gasteiger charge is -2.35. The highest BCUT2D eigenvalue weighted by molar-refractivity contribution is 5.85. The SMILES string of the molecule is C=C(C)C[C@@H](c1ccc(F)c(C)c1)N1CCNCC1.Cl.Cl. The van der Waals surface area contributed by atoms with Crippen molar-refractivity contribution in [3.05, 3.63) is 47.3 Å². The summed E-state index contributed by atoms with van der Waals surface area (Å²) in [6.07, 6.45) is 0.936. The maximum absolute atomic E-state index is 13.4. The van der Waals surface area contributed by atoms with Gasteiger partial charge in [0.1, 0.15) is 5.82 Å². The van der Waals surface area contributed by atoms with Crippen LogP contribution in [-0.4, -0.2) is 31.1 Å². The van der Waals surface area contributed by atoms with Crippen LogP contribution in [0.15, 0.2) is 30.4 Å². The molecule has 0 saturated carbocycles. The van der Waals surface area contributed by atoms with Gasteiger partial charge in [0, 0.05) is 32.2 Å². The van der Waals surface area contributed by atoms with Crippen LogP contribution in [-0.2, 0) is 0 Å². The monoisotopic (exact) mass is 334 g/mol. The highest BCUT2D eigenvalue weighted by Gasteiger charge is 2.22. The maximum Gasteiger partial charge on any atom is 0.126 e. The average Bonchev–Trinajstić information content (AvgIpc) is 2.40. The van der Waals surface area contributed by atoms with E-state index in [1.54, 1.807) is 6.07 Å². The molecule has 1 atom stereocenters. The molecule has 0 unspecified atom stereocenters. The molecule has 0 bridgehead atoms. The van der Waals surface area contributed by atoms with Crippen LogP contribution in [0.1, 0.15) is 30.5 Å². The van der Waals surface area contributed by atoms with Crippen LogP contribution in [0.2, 0.25) is 0 Å². The zero-order chi connectivity index (χ0) is 13.8. The number of aryl methyl sites for hydroxylation is 1. The molecule has 120 valence electrons. The van der Waals surface area contributed by atoms with E-state index in [4.69, 9.17) is 0 Å². The Morgan fingerprint density at radius 2 is 1.95 bits per heavy atom. The molecule has 2 rings (SSSR count). The molecule has 1 heterocycles. The van der Waals surface area contributed by atoms with Gasteiger partial charge in [0.05, 0.1) is 0 Å². The van der Waals surface area contributed by atoms with E-state index < -0.39 is 0 Å². The van der Waals surface area contributed by atoms with E-state index in [1.165, 1.54) is 11.1 Å². The van der Waals surface area contributed by atoms with Crippen LogP contribution < -0.4 is 5.32 Å². The van der Waals surface area contributed by atoms with E-state index in [9.17, 15) is 4.39 Å². The summed E-state index contributed by atoms with van der Waals surface area (Å²) in [6.45, 7) is 12.0. The summed E-state index contributed by atoms with van der Waals surface area (Å²) in [7, 11) is 0. The molecule has 0 spiro atoms. The summed E-state index contributed by atoms with van der Waals surface area (Å²) in [6, 6.07) is 5.79. The summed E-state index contributed by atoms with van der Waals surface area (Å²) in [5.41, 5.74) is 3.09. The first-order chi connectivity index (χ1) is 9.08. The molecular weight excluding hydrogens is 310 g/mol. The Hall–Kier alpha value is -0.610. The minimum atomic E-state index is -0.127. The molecule has 2 nitrogen and oxygen atoms in total. The molecule has 5 heteroatoms. The van der Waals surface area contributed by atoms with Crippen molar-refractivity contribution in [1.29, 1.82) is 0 Å². The first kappa shape index (κ1) is 20.4. The van der Waals surface area contributed by atoms with Gasteiger partial charge in [-0.1, -0.05) is 17.7 Å². The minimum Gasteiger partial charge on any atom is -0.314 e. The third-order valence-electron chi connectivity index (χ3n) is 3.70. The largest absolute Gasteiger partial charge is 0.314 e. The second-order valence-electron chi connectivity index (χ2n) is 5.47. The van der Waals surface area contributed by atoms with Crippen molar-refractivity contribution in [2.75, 3.05) is 26.2 Å². The maximum atomic E-state index is 13.4. The molecule has 1 N–H and O–H groups in total. The second kappa shape index (κ2) is 9.42. The van der Waals surface area contributed by atoms with Crippen LogP contribution in [0.5, 0.6) is 0 Å². The lowest BCUT2D eigenvalue weighted by molar-refractivity contribution is 0.172. The van der Waals surface area contributed by atoms with Gasteiger partial charge in [-0.25, -0.2) is 4.39 Å². The Balaban J connectivity index is 0.00000200. The molecule has 1 aliphatic heterocycles. The number of nitrogens with one attached hydrogen (secondary N) is 1. The lowest BCUT2D eigenvalue weighted by atomic mass is 9.96. The zero-order valence-corrected chi connectivity index (χ0v) is 14.3. The highest BCUT2D eigenvalue weighted by atomic mass is 35.5. The second-order valence-corrected chi connectivity index (χ2v) is 5.47. The number of piperazine rings is 1. The summed E-state index contributed by atoms with van der Waals surface area (Å²) in [5.74, 6) is -0.127. The van der Waals surface area contributed by atoms with Crippen LogP contribution >= 0.6 is 24.8 Å². The number of benzene rings is 1. The van der Waals surface area contributed by atoms with Crippen molar-refractivity contribution in [3.63, 3.8) is 0 Å². The van der Waals surface area contributed by atoms with Crippen LogP contribution in [0.4, 0.5) is 4.39 Å². The molecular formula is C16H25Cl2FN2. The standard InChI is InChI=1S/C16H23FN2.2ClH/c1-12(2)10-16(19-8-6-18-7-9-19)14-4-5-15(17)13(3)11-14;;/h4-5,11,16,18H,1,6-10H2,2-3H3;2*1H/t16-;;/m0../s1. The number of nitrogens with zero attached hydrogens (tertiary/aromatic N) is 1. The molecule has 1 aliphatic rings. The van der Waals surface area contributed by atoms with Gasteiger partial charge in [-0.05, 0) is 37.5 Å². The quantitative estimate of drug-likeness (QED) is 0.840. The van der Waals surface area contributed by atoms with Gasteiger partial charge in [-0.15, -0.1) is 31.4 Å². The molecule has 0 aliphatic carbocycles. The first-order valence-corrected chi connectivity index (χ1v) is 6.93. The van der Waals surface area contributed by atoms with Crippen molar-refractivity contribution in [2.45, 2.75) is 26.3 Å². The fourth-order valence-electron chi connectivity index (χ4n) is 2.66. The number of halogens is 3. The van der Waals surface area contributed by atoms with Gasteiger partial charge in [0.25, 0.3) is 0 Å². The molecule has 1 saturated heterocycles. The number of hydrogen-bond donors (Lipinski definition) is 1. The third-order valence-corrected chi connectivity index (χ3v) is 3.70. The van der Waals surface area contributed by atoms with Crippen molar-refractivity contribution < 1.29 is 4.39 Å². The predicted molar refractivity (Wildman–Crippen MR) is 92.2 cm³/mol. The van der Waals surface area contributed by atoms with E-state index in [0.29, 0.717) is 6.04 Å². The molecule has 1 aromatic carbocycles. The lowest BCUT2D eigenvalue weighted by Crippen LogP contribution is -2.45. The topological polar surface area (TPSA) is 15.3 Å². The third kappa shape index (κ3) is 5.59. The van der Waals surface area contributed by atoms with E-state index in [0.717, 1.165) is 38.2 Å². The number of rotatable bonds is 4. The van der Waals surface area contributed by atoms with Gasteiger partial charge in [-0.3, -0.25) is 4.90 Å². The van der Waals surface area contributed by atoms with Gasteiger partial charge in [-0.2, -0.15) is 0 Å².